The summed E-state index contributed by atoms with van der Waals surface area (Å²) in [6.45, 7) is 14.1. The average molecular weight is 426 g/mol. The Morgan fingerprint density at radius 3 is 1.42 bits per heavy atom. The van der Waals surface area contributed by atoms with Gasteiger partial charge in [0.25, 0.3) is 0 Å². The van der Waals surface area contributed by atoms with Crippen LogP contribution in [0.3, 0.4) is 0 Å². The lowest BCUT2D eigenvalue weighted by molar-refractivity contribution is -0.894. The van der Waals surface area contributed by atoms with Gasteiger partial charge in [-0.25, -0.2) is 4.39 Å². The maximum Gasteiger partial charge on any atom is 0.124 e. The normalized spacial score (nSPS) is 10.7. The van der Waals surface area contributed by atoms with Gasteiger partial charge in [-0.05, 0) is 82.1 Å². The van der Waals surface area contributed by atoms with Gasteiger partial charge in [0.15, 0.2) is 0 Å². The molecular formula is C26H32FNO3. The lowest BCUT2D eigenvalue weighted by atomic mass is 9.94. The Balaban J connectivity index is 0.000000423. The van der Waals surface area contributed by atoms with E-state index < -0.39 is 11.6 Å². The molecule has 0 spiro atoms. The van der Waals surface area contributed by atoms with Crippen LogP contribution in [-0.2, 0) is 0 Å². The van der Waals surface area contributed by atoms with Crippen LogP contribution in [0, 0.1) is 19.7 Å². The van der Waals surface area contributed by atoms with Crippen LogP contribution in [0.1, 0.15) is 31.9 Å². The van der Waals surface area contributed by atoms with Crippen LogP contribution in [0.5, 0.6) is 17.2 Å². The minimum absolute atomic E-state index is 0.0621. The Morgan fingerprint density at radius 1 is 0.710 bits per heavy atom. The molecule has 0 bridgehead atoms. The summed E-state index contributed by atoms with van der Waals surface area (Å²) in [6.07, 6.45) is 0. The molecule has 0 aliphatic heterocycles. The molecule has 166 valence electrons. The monoisotopic (exact) mass is 425 g/mol. The highest BCUT2D eigenvalue weighted by molar-refractivity contribution is 5.86. The van der Waals surface area contributed by atoms with Crippen molar-refractivity contribution >= 4 is 0 Å². The number of benzene rings is 3. The smallest absolute Gasteiger partial charge is 0.124 e. The number of hydrogen-bond donors (Lipinski definition) is 3. The van der Waals surface area contributed by atoms with Crippen LogP contribution in [0.4, 0.5) is 4.39 Å². The van der Waals surface area contributed by atoms with Gasteiger partial charge in [0.1, 0.15) is 17.3 Å². The molecule has 0 unspecified atom stereocenters. The maximum absolute atomic E-state index is 14.1. The van der Waals surface area contributed by atoms with Crippen LogP contribution in [0.15, 0.2) is 48.5 Å². The number of rotatable bonds is 5. The first-order valence-corrected chi connectivity index (χ1v) is 10.7. The largest absolute Gasteiger partial charge is 0.872 e. The van der Waals surface area contributed by atoms with Crippen molar-refractivity contribution in [3.8, 4) is 39.5 Å². The standard InChI is InChI=1S/C20H17FO3.C6H15N/c1-11-3-5-18(22)14(7-11)16-9-13(21)10-17(20(16)24)15-8-12(2)4-6-19(15)23;1-4-7(5-2)6-3/h3-10,22-24H,1-2H3;4-6H2,1-3H3. The van der Waals surface area contributed by atoms with Crippen LogP contribution in [-0.4, -0.2) is 29.8 Å². The fourth-order valence-corrected chi connectivity index (χ4v) is 3.47. The van der Waals surface area contributed by atoms with Crippen molar-refractivity contribution in [1.82, 2.24) is 0 Å². The first kappa shape index (κ1) is 24.2. The van der Waals surface area contributed by atoms with E-state index in [4.69, 9.17) is 0 Å². The molecule has 3 N–H and O–H groups in total. The minimum atomic E-state index is -0.610. The van der Waals surface area contributed by atoms with E-state index in [0.29, 0.717) is 0 Å². The van der Waals surface area contributed by atoms with Crippen LogP contribution >= 0.6 is 0 Å². The second-order valence-electron chi connectivity index (χ2n) is 7.68. The van der Waals surface area contributed by atoms with Crippen molar-refractivity contribution < 1.29 is 24.6 Å². The number of nitrogens with one attached hydrogen (secondary N) is 1. The number of aromatic hydroxyl groups is 2. The van der Waals surface area contributed by atoms with Crippen LogP contribution in [0.2, 0.25) is 0 Å². The molecular weight excluding hydrogens is 393 g/mol. The second kappa shape index (κ2) is 10.8. The van der Waals surface area contributed by atoms with E-state index in [1.54, 1.807) is 29.2 Å². The average Bonchev–Trinajstić information content (AvgIpc) is 2.75. The zero-order valence-corrected chi connectivity index (χ0v) is 18.9. The molecule has 0 heterocycles. The molecule has 4 nitrogen and oxygen atoms in total. The molecule has 0 saturated carbocycles. The summed E-state index contributed by atoms with van der Waals surface area (Å²) >= 11 is 0. The van der Waals surface area contributed by atoms with Gasteiger partial charge in [0.2, 0.25) is 0 Å². The molecule has 0 atom stereocenters. The Bertz CT molecular complexity index is 951. The molecule has 0 radical (unpaired) electrons. The number of phenols is 2. The van der Waals surface area contributed by atoms with Crippen molar-refractivity contribution in [2.75, 3.05) is 19.6 Å². The van der Waals surface area contributed by atoms with Crippen LogP contribution < -0.4 is 10.0 Å². The second-order valence-corrected chi connectivity index (χ2v) is 7.68. The Morgan fingerprint density at radius 2 is 1.10 bits per heavy atom. The lowest BCUT2D eigenvalue weighted by Gasteiger charge is -2.21. The van der Waals surface area contributed by atoms with Crippen molar-refractivity contribution in [1.29, 1.82) is 0 Å². The molecule has 3 aromatic rings. The van der Waals surface area contributed by atoms with Gasteiger partial charge in [-0.3, -0.25) is 0 Å². The fourth-order valence-electron chi connectivity index (χ4n) is 3.47. The number of hydrogen-bond acceptors (Lipinski definition) is 3. The maximum atomic E-state index is 14.1. The van der Waals surface area contributed by atoms with E-state index in [0.717, 1.165) is 23.3 Å². The summed E-state index contributed by atoms with van der Waals surface area (Å²) in [5.74, 6) is -1.25. The number of quaternary nitrogens is 1. The van der Waals surface area contributed by atoms with Crippen molar-refractivity contribution in [3.05, 3.63) is 65.5 Å². The molecule has 5 heteroatoms. The van der Waals surface area contributed by atoms with Gasteiger partial charge < -0.3 is 20.2 Å². The van der Waals surface area contributed by atoms with Gasteiger partial charge in [-0.15, -0.1) is 0 Å². The van der Waals surface area contributed by atoms with E-state index in [-0.39, 0.29) is 33.8 Å². The van der Waals surface area contributed by atoms with Crippen LogP contribution in [0.25, 0.3) is 22.3 Å². The lowest BCUT2D eigenvalue weighted by Crippen LogP contribution is -3.11. The number of phenolic OH excluding ortho intramolecular Hbond substituents is 2. The zero-order chi connectivity index (χ0) is 23.1. The van der Waals surface area contributed by atoms with Gasteiger partial charge in [0.05, 0.1) is 19.6 Å². The molecule has 0 fully saturated rings. The number of halogens is 1. The van der Waals surface area contributed by atoms with Crippen molar-refractivity contribution in [2.24, 2.45) is 0 Å². The van der Waals surface area contributed by atoms with Crippen molar-refractivity contribution in [2.45, 2.75) is 34.6 Å². The summed E-state index contributed by atoms with van der Waals surface area (Å²) in [5, 5.41) is 33.0. The summed E-state index contributed by atoms with van der Waals surface area (Å²) < 4.78 is 14.1. The summed E-state index contributed by atoms with van der Waals surface area (Å²) in [5.41, 5.74) is 2.35. The molecule has 0 aliphatic rings. The Hall–Kier alpha value is -3.05. The van der Waals surface area contributed by atoms with Gasteiger partial charge in [0, 0.05) is 11.1 Å². The molecule has 3 rings (SSSR count). The molecule has 31 heavy (non-hydrogen) atoms. The van der Waals surface area contributed by atoms with Gasteiger partial charge >= 0.3 is 0 Å². The third-order valence-electron chi connectivity index (χ3n) is 5.44. The van der Waals surface area contributed by atoms with E-state index >= 15 is 0 Å². The third-order valence-corrected chi connectivity index (χ3v) is 5.44. The third kappa shape index (κ3) is 5.98. The minimum Gasteiger partial charge on any atom is -0.872 e. The van der Waals surface area contributed by atoms with E-state index in [2.05, 4.69) is 20.8 Å². The quantitative estimate of drug-likeness (QED) is 0.574. The SMILES string of the molecule is CC[NH+](CC)CC.Cc1ccc(O)c(-c2cc(F)cc(-c3cc(C)ccc3O)c2[O-])c1. The topological polar surface area (TPSA) is 68.0 Å². The zero-order valence-electron chi connectivity index (χ0n) is 18.9. The predicted octanol–water partition coefficient (Wildman–Crippen LogP) is 4.19. The van der Waals surface area contributed by atoms with Crippen molar-refractivity contribution in [3.63, 3.8) is 0 Å². The highest BCUT2D eigenvalue weighted by atomic mass is 19.1. The Labute approximate surface area is 184 Å². The summed E-state index contributed by atoms with van der Waals surface area (Å²) in [7, 11) is 0. The first-order valence-electron chi connectivity index (χ1n) is 10.7. The fraction of sp³-hybridized carbons (Fsp3) is 0.308. The van der Waals surface area contributed by atoms with E-state index in [1.165, 1.54) is 31.8 Å². The van der Waals surface area contributed by atoms with Gasteiger partial charge in [-0.1, -0.05) is 29.0 Å². The first-order chi connectivity index (χ1) is 14.7. The highest BCUT2D eigenvalue weighted by Gasteiger charge is 2.13. The molecule has 3 aromatic carbocycles. The van der Waals surface area contributed by atoms with E-state index in [9.17, 15) is 19.7 Å². The van der Waals surface area contributed by atoms with Gasteiger partial charge in [-0.2, -0.15) is 0 Å². The molecule has 0 amide bonds. The number of aryl methyl sites for hydroxylation is 2. The summed E-state index contributed by atoms with van der Waals surface area (Å²) in [6, 6.07) is 11.8. The molecule has 0 aromatic heterocycles. The highest BCUT2D eigenvalue weighted by Crippen LogP contribution is 2.43. The van der Waals surface area contributed by atoms with E-state index in [1.807, 2.05) is 13.8 Å². The molecule has 0 saturated heterocycles. The molecule has 0 aliphatic carbocycles. The Kier molecular flexibility index (Phi) is 8.46. The predicted molar refractivity (Wildman–Crippen MR) is 122 cm³/mol. The summed E-state index contributed by atoms with van der Waals surface area (Å²) in [4.78, 5) is 1.68.